The standard InChI is InChI=1S/C33H34N4O3/c38-33(37-16-6-9-26(37)21-36-14-4-5-15-36)28-19-32(34-20-23-7-2-1-3-8-23)35-29-12-10-24(17-27(28)29)25-11-13-30-31(18-25)40-22-39-30/h1-3,7-8,10-13,17-19,26H,4-6,9,14-16,20-22H2,(H,34,35)/t26-/m0/s1. The van der Waals surface area contributed by atoms with Crippen molar-refractivity contribution in [3.8, 4) is 22.6 Å². The van der Waals surface area contributed by atoms with Crippen LogP contribution in [0.2, 0.25) is 0 Å². The van der Waals surface area contributed by atoms with Crippen molar-refractivity contribution in [3.05, 3.63) is 83.9 Å². The lowest BCUT2D eigenvalue weighted by molar-refractivity contribution is 0.0710. The zero-order chi connectivity index (χ0) is 26.9. The van der Waals surface area contributed by atoms with Crippen molar-refractivity contribution in [3.63, 3.8) is 0 Å². The molecule has 0 saturated carbocycles. The fourth-order valence-corrected chi connectivity index (χ4v) is 6.25. The number of anilines is 1. The Balaban J connectivity index is 1.25. The topological polar surface area (TPSA) is 66.9 Å². The van der Waals surface area contributed by atoms with Crippen LogP contribution >= 0.6 is 0 Å². The van der Waals surface area contributed by atoms with Crippen LogP contribution in [0.5, 0.6) is 11.5 Å². The number of aromatic nitrogens is 1. The normalized spacial score (nSPS) is 18.5. The van der Waals surface area contributed by atoms with Gasteiger partial charge in [-0.1, -0.05) is 42.5 Å². The van der Waals surface area contributed by atoms with Crippen LogP contribution in [0.25, 0.3) is 22.0 Å². The van der Waals surface area contributed by atoms with Gasteiger partial charge in [-0.15, -0.1) is 0 Å². The first kappa shape index (κ1) is 24.9. The fourth-order valence-electron chi connectivity index (χ4n) is 6.25. The van der Waals surface area contributed by atoms with Gasteiger partial charge in [0.05, 0.1) is 11.1 Å². The van der Waals surface area contributed by atoms with E-state index in [1.807, 2.05) is 48.5 Å². The van der Waals surface area contributed by atoms with E-state index >= 15 is 0 Å². The lowest BCUT2D eigenvalue weighted by atomic mass is 9.99. The van der Waals surface area contributed by atoms with Crippen LogP contribution in [0.1, 0.15) is 41.6 Å². The third-order valence-electron chi connectivity index (χ3n) is 8.37. The van der Waals surface area contributed by atoms with E-state index in [4.69, 9.17) is 14.5 Å². The van der Waals surface area contributed by atoms with E-state index in [1.165, 1.54) is 18.4 Å². The monoisotopic (exact) mass is 534 g/mol. The van der Waals surface area contributed by atoms with Gasteiger partial charge in [-0.05, 0) is 85.8 Å². The summed E-state index contributed by atoms with van der Waals surface area (Å²) >= 11 is 0. The molecule has 40 heavy (non-hydrogen) atoms. The average Bonchev–Trinajstić information content (AvgIpc) is 3.78. The van der Waals surface area contributed by atoms with Crippen LogP contribution in [-0.4, -0.2) is 59.7 Å². The summed E-state index contributed by atoms with van der Waals surface area (Å²) in [6, 6.07) is 24.6. The summed E-state index contributed by atoms with van der Waals surface area (Å²) in [7, 11) is 0. The van der Waals surface area contributed by atoms with Gasteiger partial charge in [0, 0.05) is 31.1 Å². The van der Waals surface area contributed by atoms with Gasteiger partial charge in [-0.2, -0.15) is 0 Å². The van der Waals surface area contributed by atoms with Crippen LogP contribution < -0.4 is 14.8 Å². The molecule has 1 amide bonds. The van der Waals surface area contributed by atoms with Crippen molar-refractivity contribution in [2.75, 3.05) is 38.3 Å². The highest BCUT2D eigenvalue weighted by Gasteiger charge is 2.32. The second-order valence-corrected chi connectivity index (χ2v) is 11.0. The molecule has 2 fully saturated rings. The van der Waals surface area contributed by atoms with Crippen LogP contribution in [0, 0.1) is 0 Å². The van der Waals surface area contributed by atoms with E-state index in [0.717, 1.165) is 72.5 Å². The zero-order valence-electron chi connectivity index (χ0n) is 22.6. The van der Waals surface area contributed by atoms with Gasteiger partial charge in [-0.3, -0.25) is 4.79 Å². The van der Waals surface area contributed by atoms with Gasteiger partial charge < -0.3 is 24.6 Å². The predicted molar refractivity (Wildman–Crippen MR) is 157 cm³/mol. The van der Waals surface area contributed by atoms with Crippen molar-refractivity contribution < 1.29 is 14.3 Å². The zero-order valence-corrected chi connectivity index (χ0v) is 22.6. The molecule has 204 valence electrons. The first-order chi connectivity index (χ1) is 19.7. The molecule has 0 aliphatic carbocycles. The first-order valence-corrected chi connectivity index (χ1v) is 14.4. The highest BCUT2D eigenvalue weighted by molar-refractivity contribution is 6.08. The smallest absolute Gasteiger partial charge is 0.254 e. The lowest BCUT2D eigenvalue weighted by Gasteiger charge is -2.29. The summed E-state index contributed by atoms with van der Waals surface area (Å²) in [5, 5.41) is 4.34. The van der Waals surface area contributed by atoms with Crippen molar-refractivity contribution in [2.24, 2.45) is 0 Å². The number of fused-ring (bicyclic) bond motifs is 2. The Morgan fingerprint density at radius 3 is 2.55 bits per heavy atom. The molecule has 7 nitrogen and oxygen atoms in total. The Kier molecular flexibility index (Phi) is 6.73. The average molecular weight is 535 g/mol. The molecule has 0 unspecified atom stereocenters. The van der Waals surface area contributed by atoms with Gasteiger partial charge in [0.25, 0.3) is 5.91 Å². The van der Waals surface area contributed by atoms with Crippen LogP contribution in [0.15, 0.2) is 72.8 Å². The minimum atomic E-state index is 0.0969. The summed E-state index contributed by atoms with van der Waals surface area (Å²) in [5.41, 5.74) is 4.71. The lowest BCUT2D eigenvalue weighted by Crippen LogP contribution is -2.42. The number of likely N-dealkylation sites (tertiary alicyclic amines) is 2. The van der Waals surface area contributed by atoms with Crippen LogP contribution in [-0.2, 0) is 6.54 Å². The maximum Gasteiger partial charge on any atom is 0.254 e. The summed E-state index contributed by atoms with van der Waals surface area (Å²) < 4.78 is 11.1. The van der Waals surface area contributed by atoms with Gasteiger partial charge >= 0.3 is 0 Å². The number of ether oxygens (including phenoxy) is 2. The number of hydrogen-bond donors (Lipinski definition) is 1. The molecule has 4 aromatic rings. The number of nitrogens with zero attached hydrogens (tertiary/aromatic N) is 3. The molecule has 3 aliphatic rings. The summed E-state index contributed by atoms with van der Waals surface area (Å²) in [6.45, 7) is 4.94. The van der Waals surface area contributed by atoms with Gasteiger partial charge in [0.1, 0.15) is 5.82 Å². The maximum atomic E-state index is 14.3. The second kappa shape index (κ2) is 10.8. The second-order valence-electron chi connectivity index (χ2n) is 11.0. The molecule has 0 spiro atoms. The van der Waals surface area contributed by atoms with Gasteiger partial charge in [-0.25, -0.2) is 4.98 Å². The van der Waals surface area contributed by atoms with Crippen molar-refractivity contribution in [1.82, 2.24) is 14.8 Å². The third kappa shape index (κ3) is 4.97. The van der Waals surface area contributed by atoms with E-state index in [0.29, 0.717) is 17.9 Å². The van der Waals surface area contributed by atoms with Crippen molar-refractivity contribution in [1.29, 1.82) is 0 Å². The van der Waals surface area contributed by atoms with E-state index in [2.05, 4.69) is 39.4 Å². The minimum Gasteiger partial charge on any atom is -0.454 e. The number of amides is 1. The third-order valence-corrected chi connectivity index (χ3v) is 8.37. The number of nitrogens with one attached hydrogen (secondary N) is 1. The summed E-state index contributed by atoms with van der Waals surface area (Å²) in [4.78, 5) is 23.8. The number of hydrogen-bond acceptors (Lipinski definition) is 6. The largest absolute Gasteiger partial charge is 0.454 e. The van der Waals surface area contributed by atoms with E-state index in [-0.39, 0.29) is 18.7 Å². The predicted octanol–water partition coefficient (Wildman–Crippen LogP) is 5.94. The first-order valence-electron chi connectivity index (χ1n) is 14.4. The Morgan fingerprint density at radius 2 is 1.68 bits per heavy atom. The molecular weight excluding hydrogens is 500 g/mol. The molecule has 7 rings (SSSR count). The quantitative estimate of drug-likeness (QED) is 0.316. The highest BCUT2D eigenvalue weighted by atomic mass is 16.7. The fraction of sp³-hybridized carbons (Fsp3) is 0.333. The SMILES string of the molecule is O=C(c1cc(NCc2ccccc2)nc2ccc(-c3ccc4c(c3)OCO4)cc12)N1CCC[C@H]1CN1CCCC1. The Hall–Kier alpha value is -4.10. The number of pyridine rings is 1. The van der Waals surface area contributed by atoms with Gasteiger partial charge in [0.15, 0.2) is 11.5 Å². The molecule has 1 N–H and O–H groups in total. The van der Waals surface area contributed by atoms with Gasteiger partial charge in [0.2, 0.25) is 6.79 Å². The molecule has 1 aromatic heterocycles. The van der Waals surface area contributed by atoms with Crippen molar-refractivity contribution in [2.45, 2.75) is 38.3 Å². The van der Waals surface area contributed by atoms with E-state index in [1.54, 1.807) is 0 Å². The number of benzene rings is 3. The van der Waals surface area contributed by atoms with Crippen LogP contribution in [0.3, 0.4) is 0 Å². The molecule has 0 bridgehead atoms. The Morgan fingerprint density at radius 1 is 0.875 bits per heavy atom. The molecule has 2 saturated heterocycles. The van der Waals surface area contributed by atoms with E-state index in [9.17, 15) is 4.79 Å². The molecule has 3 aromatic carbocycles. The molecule has 1 atom stereocenters. The number of rotatable bonds is 7. The molecular formula is C33H34N4O3. The van der Waals surface area contributed by atoms with E-state index < -0.39 is 0 Å². The molecule has 0 radical (unpaired) electrons. The molecule has 3 aliphatic heterocycles. The highest BCUT2D eigenvalue weighted by Crippen LogP contribution is 2.37. The molecule has 7 heteroatoms. The number of carbonyl (C=O) groups excluding carboxylic acids is 1. The van der Waals surface area contributed by atoms with Crippen LogP contribution in [0.4, 0.5) is 5.82 Å². The summed E-state index contributed by atoms with van der Waals surface area (Å²) in [5.74, 6) is 2.31. The summed E-state index contributed by atoms with van der Waals surface area (Å²) in [6.07, 6.45) is 4.63. The van der Waals surface area contributed by atoms with Crippen molar-refractivity contribution >= 4 is 22.6 Å². The Bertz CT molecular complexity index is 1530. The Labute approximate surface area is 234 Å². The number of carbonyl (C=O) groups is 1. The minimum absolute atomic E-state index is 0.0969. The maximum absolute atomic E-state index is 14.3. The molecule has 4 heterocycles.